The van der Waals surface area contributed by atoms with Crippen LogP contribution in [0.5, 0.6) is 5.75 Å². The second-order valence-electron chi connectivity index (χ2n) is 6.38. The van der Waals surface area contributed by atoms with E-state index in [1.54, 1.807) is 35.2 Å². The zero-order valence-corrected chi connectivity index (χ0v) is 18.0. The van der Waals surface area contributed by atoms with Crippen LogP contribution < -0.4 is 4.74 Å². The van der Waals surface area contributed by atoms with Gasteiger partial charge in [0.25, 0.3) is 5.91 Å². The van der Waals surface area contributed by atoms with Crippen LogP contribution in [0.2, 0.25) is 10.0 Å². The lowest BCUT2D eigenvalue weighted by Crippen LogP contribution is -2.28. The number of likely N-dealkylation sites (tertiary alicyclic amines) is 1. The molecule has 0 N–H and O–H groups in total. The first-order chi connectivity index (χ1) is 13.5. The van der Waals surface area contributed by atoms with Crippen molar-refractivity contribution in [3.05, 3.63) is 67.6 Å². The predicted molar refractivity (Wildman–Crippen MR) is 114 cm³/mol. The van der Waals surface area contributed by atoms with E-state index in [4.69, 9.17) is 27.9 Å². The molecule has 1 aliphatic rings. The number of benzene rings is 2. The molecule has 4 nitrogen and oxygen atoms in total. The van der Waals surface area contributed by atoms with E-state index in [2.05, 4.69) is 15.9 Å². The predicted octanol–water partition coefficient (Wildman–Crippen LogP) is 5.86. The van der Waals surface area contributed by atoms with Crippen LogP contribution >= 0.6 is 39.1 Å². The molecule has 1 fully saturated rings. The molecule has 0 bridgehead atoms. The van der Waals surface area contributed by atoms with E-state index < -0.39 is 0 Å². The van der Waals surface area contributed by atoms with Crippen molar-refractivity contribution in [2.75, 3.05) is 13.1 Å². The van der Waals surface area contributed by atoms with E-state index in [-0.39, 0.29) is 11.5 Å². The van der Waals surface area contributed by atoms with Crippen molar-refractivity contribution in [2.45, 2.75) is 19.4 Å². The molecular weight excluding hydrogens is 463 g/mol. The van der Waals surface area contributed by atoms with Crippen LogP contribution in [0.4, 0.5) is 0 Å². The Morgan fingerprint density at radius 2 is 1.96 bits per heavy atom. The standard InChI is InChI=1S/C21H17BrCl2N2O2/c22-18-10-14(9-16(12-25)21(27)26-7-1-2-8-26)3-6-20(18)28-13-15-4-5-17(23)11-19(15)24/h3-6,9-11H,1-2,7-8,13H2/b16-9+. The van der Waals surface area contributed by atoms with Crippen molar-refractivity contribution in [3.8, 4) is 11.8 Å². The molecule has 2 aromatic carbocycles. The zero-order chi connectivity index (χ0) is 20.1. The number of nitriles is 1. The molecule has 0 atom stereocenters. The van der Waals surface area contributed by atoms with Crippen molar-refractivity contribution in [1.29, 1.82) is 5.26 Å². The maximum absolute atomic E-state index is 12.4. The molecule has 28 heavy (non-hydrogen) atoms. The van der Waals surface area contributed by atoms with E-state index in [0.29, 0.717) is 35.5 Å². The summed E-state index contributed by atoms with van der Waals surface area (Å²) in [4.78, 5) is 14.1. The Kier molecular flexibility index (Phi) is 7.01. The molecule has 0 aromatic heterocycles. The summed E-state index contributed by atoms with van der Waals surface area (Å²) in [5.74, 6) is 0.418. The highest BCUT2D eigenvalue weighted by molar-refractivity contribution is 9.10. The number of carbonyl (C=O) groups excluding carboxylic acids is 1. The van der Waals surface area contributed by atoms with Crippen molar-refractivity contribution in [1.82, 2.24) is 4.90 Å². The second kappa shape index (κ2) is 9.47. The lowest BCUT2D eigenvalue weighted by Gasteiger charge is -2.14. The Morgan fingerprint density at radius 1 is 1.21 bits per heavy atom. The molecule has 3 rings (SSSR count). The van der Waals surface area contributed by atoms with Crippen LogP contribution in [0.15, 0.2) is 46.4 Å². The summed E-state index contributed by atoms with van der Waals surface area (Å²) in [5, 5.41) is 10.5. The molecule has 1 aliphatic heterocycles. The molecule has 7 heteroatoms. The highest BCUT2D eigenvalue weighted by Crippen LogP contribution is 2.29. The summed E-state index contributed by atoms with van der Waals surface area (Å²) < 4.78 is 6.54. The fourth-order valence-corrected chi connectivity index (χ4v) is 3.89. The first-order valence-corrected chi connectivity index (χ1v) is 10.3. The minimum Gasteiger partial charge on any atom is -0.488 e. The van der Waals surface area contributed by atoms with Crippen LogP contribution in [0, 0.1) is 11.3 Å². The van der Waals surface area contributed by atoms with Crippen LogP contribution in [-0.2, 0) is 11.4 Å². The van der Waals surface area contributed by atoms with Gasteiger partial charge in [0.1, 0.15) is 24.0 Å². The van der Waals surface area contributed by atoms with Crippen LogP contribution in [0.1, 0.15) is 24.0 Å². The van der Waals surface area contributed by atoms with Crippen LogP contribution in [-0.4, -0.2) is 23.9 Å². The average molecular weight is 480 g/mol. The summed E-state index contributed by atoms with van der Waals surface area (Å²) in [6, 6.07) is 12.7. The number of rotatable bonds is 5. The Morgan fingerprint density at radius 3 is 2.61 bits per heavy atom. The molecule has 0 spiro atoms. The number of hydrogen-bond acceptors (Lipinski definition) is 3. The van der Waals surface area contributed by atoms with Gasteiger partial charge in [-0.05, 0) is 64.7 Å². The zero-order valence-electron chi connectivity index (χ0n) is 14.9. The van der Waals surface area contributed by atoms with Gasteiger partial charge in [0.2, 0.25) is 0 Å². The highest BCUT2D eigenvalue weighted by atomic mass is 79.9. The monoisotopic (exact) mass is 478 g/mol. The molecule has 0 saturated carbocycles. The lowest BCUT2D eigenvalue weighted by molar-refractivity contribution is -0.125. The van der Waals surface area contributed by atoms with E-state index in [1.807, 2.05) is 18.2 Å². The van der Waals surface area contributed by atoms with E-state index >= 15 is 0 Å². The summed E-state index contributed by atoms with van der Waals surface area (Å²) >= 11 is 15.6. The SMILES string of the molecule is N#C/C(=C\c1ccc(OCc2ccc(Cl)cc2Cl)c(Br)c1)C(=O)N1CCCC1. The molecule has 144 valence electrons. The number of amides is 1. The maximum Gasteiger partial charge on any atom is 0.264 e. The summed E-state index contributed by atoms with van der Waals surface area (Å²) in [6.45, 7) is 1.71. The molecule has 0 unspecified atom stereocenters. The molecule has 2 aromatic rings. The van der Waals surface area contributed by atoms with Gasteiger partial charge in [-0.15, -0.1) is 0 Å². The van der Waals surface area contributed by atoms with Gasteiger partial charge in [0, 0.05) is 28.7 Å². The van der Waals surface area contributed by atoms with Gasteiger partial charge in [0.15, 0.2) is 0 Å². The molecular formula is C21H17BrCl2N2O2. The molecule has 0 aliphatic carbocycles. The van der Waals surface area contributed by atoms with Crippen molar-refractivity contribution in [2.24, 2.45) is 0 Å². The Balaban J connectivity index is 1.72. The quantitative estimate of drug-likeness (QED) is 0.398. The first-order valence-electron chi connectivity index (χ1n) is 8.75. The lowest BCUT2D eigenvalue weighted by atomic mass is 10.1. The van der Waals surface area contributed by atoms with E-state index in [1.165, 1.54) is 0 Å². The molecule has 1 heterocycles. The summed E-state index contributed by atoms with van der Waals surface area (Å²) in [7, 11) is 0. The van der Waals surface area contributed by atoms with Crippen molar-refractivity contribution < 1.29 is 9.53 Å². The fraction of sp³-hybridized carbons (Fsp3) is 0.238. The first kappa shape index (κ1) is 20.7. The highest BCUT2D eigenvalue weighted by Gasteiger charge is 2.21. The van der Waals surface area contributed by atoms with E-state index in [9.17, 15) is 10.1 Å². The van der Waals surface area contributed by atoms with Gasteiger partial charge >= 0.3 is 0 Å². The topological polar surface area (TPSA) is 53.3 Å². The minimum absolute atomic E-state index is 0.135. The number of hydrogen-bond donors (Lipinski definition) is 0. The maximum atomic E-state index is 12.4. The Hall–Kier alpha value is -2.00. The molecule has 1 saturated heterocycles. The minimum atomic E-state index is -0.214. The molecule has 0 radical (unpaired) electrons. The third-order valence-corrected chi connectivity index (χ3v) is 5.62. The van der Waals surface area contributed by atoms with Gasteiger partial charge in [-0.1, -0.05) is 35.3 Å². The van der Waals surface area contributed by atoms with Gasteiger partial charge in [-0.3, -0.25) is 4.79 Å². The van der Waals surface area contributed by atoms with Gasteiger partial charge in [-0.2, -0.15) is 5.26 Å². The van der Waals surface area contributed by atoms with Crippen molar-refractivity contribution in [3.63, 3.8) is 0 Å². The van der Waals surface area contributed by atoms with Gasteiger partial charge < -0.3 is 9.64 Å². The second-order valence-corrected chi connectivity index (χ2v) is 8.08. The smallest absolute Gasteiger partial charge is 0.264 e. The third-order valence-electron chi connectivity index (χ3n) is 4.41. The van der Waals surface area contributed by atoms with E-state index in [0.717, 1.165) is 28.4 Å². The number of nitrogens with zero attached hydrogens (tertiary/aromatic N) is 2. The number of ether oxygens (including phenoxy) is 1. The Labute approximate surface area is 182 Å². The number of halogens is 3. The normalized spacial score (nSPS) is 14.1. The van der Waals surface area contributed by atoms with Crippen molar-refractivity contribution >= 4 is 51.1 Å². The average Bonchev–Trinajstić information content (AvgIpc) is 3.21. The third kappa shape index (κ3) is 5.08. The summed E-state index contributed by atoms with van der Waals surface area (Å²) in [5.41, 5.74) is 1.70. The van der Waals surface area contributed by atoms with Crippen LogP contribution in [0.3, 0.4) is 0 Å². The van der Waals surface area contributed by atoms with Crippen LogP contribution in [0.25, 0.3) is 6.08 Å². The molecule has 1 amide bonds. The van der Waals surface area contributed by atoms with Gasteiger partial charge in [-0.25, -0.2) is 0 Å². The largest absolute Gasteiger partial charge is 0.488 e. The Bertz CT molecular complexity index is 963. The van der Waals surface area contributed by atoms with Gasteiger partial charge in [0.05, 0.1) is 4.47 Å². The summed E-state index contributed by atoms with van der Waals surface area (Å²) in [6.07, 6.45) is 3.57. The fourth-order valence-electron chi connectivity index (χ4n) is 2.92. The number of carbonyl (C=O) groups is 1.